The summed E-state index contributed by atoms with van der Waals surface area (Å²) in [7, 11) is 0. The van der Waals surface area contributed by atoms with Crippen molar-refractivity contribution in [3.63, 3.8) is 0 Å². The summed E-state index contributed by atoms with van der Waals surface area (Å²) in [6.07, 6.45) is 6.61. The van der Waals surface area contributed by atoms with Gasteiger partial charge in [0.05, 0.1) is 5.92 Å². The van der Waals surface area contributed by atoms with Crippen molar-refractivity contribution in [1.82, 2.24) is 0 Å². The summed E-state index contributed by atoms with van der Waals surface area (Å²) in [4.78, 5) is 11.4. The molecule has 2 nitrogen and oxygen atoms in total. The van der Waals surface area contributed by atoms with Crippen molar-refractivity contribution in [2.24, 2.45) is 5.92 Å². The first kappa shape index (κ1) is 11.3. The molecule has 1 rings (SSSR count). The van der Waals surface area contributed by atoms with E-state index in [0.29, 0.717) is 0 Å². The van der Waals surface area contributed by atoms with E-state index in [0.717, 1.165) is 19.3 Å². The highest BCUT2D eigenvalue weighted by Crippen LogP contribution is 2.25. The molecule has 0 fully saturated rings. The van der Waals surface area contributed by atoms with Crippen LogP contribution in [0.4, 0.5) is 0 Å². The molecule has 0 aromatic heterocycles. The van der Waals surface area contributed by atoms with Crippen LogP contribution in [0.15, 0.2) is 11.6 Å². The minimum Gasteiger partial charge on any atom is -0.458 e. The normalized spacial score (nSPS) is 18.1. The summed E-state index contributed by atoms with van der Waals surface area (Å²) >= 11 is 0. The van der Waals surface area contributed by atoms with Gasteiger partial charge < -0.3 is 4.74 Å². The molecule has 0 unspecified atom stereocenters. The summed E-state index contributed by atoms with van der Waals surface area (Å²) in [5.74, 6) is -0.101. The van der Waals surface area contributed by atoms with Gasteiger partial charge in [0.25, 0.3) is 0 Å². The quantitative estimate of drug-likeness (QED) is 0.510. The molecular weight excluding hydrogens is 176 g/mol. The first-order valence-electron chi connectivity index (χ1n) is 5.54. The fraction of sp³-hybridized carbons (Fsp3) is 0.750. The zero-order valence-corrected chi connectivity index (χ0v) is 9.38. The van der Waals surface area contributed by atoms with Crippen LogP contribution in [-0.4, -0.2) is 12.1 Å². The molecule has 80 valence electrons. The van der Waals surface area contributed by atoms with Gasteiger partial charge in [0.1, 0.15) is 6.10 Å². The molecule has 14 heavy (non-hydrogen) atoms. The number of hydrogen-bond acceptors (Lipinski definition) is 2. The maximum absolute atomic E-state index is 11.4. The Morgan fingerprint density at radius 2 is 2.29 bits per heavy atom. The molecule has 0 aliphatic heterocycles. The molecule has 0 amide bonds. The molecule has 2 heteroatoms. The summed E-state index contributed by atoms with van der Waals surface area (Å²) in [5.41, 5.74) is 1.32. The standard InChI is InChI=1S/C12H20O2/c1-4-11(10-7-5-6-8-10)14-12(13)9(2)3/h7,9,11H,4-6,8H2,1-3H3/t11-/m1/s1. The summed E-state index contributed by atoms with van der Waals surface area (Å²) in [5, 5.41) is 0. The van der Waals surface area contributed by atoms with Gasteiger partial charge in [-0.25, -0.2) is 0 Å². The molecule has 0 aromatic carbocycles. The molecule has 0 spiro atoms. The maximum atomic E-state index is 11.4. The molecule has 0 saturated carbocycles. The van der Waals surface area contributed by atoms with E-state index in [-0.39, 0.29) is 18.0 Å². The van der Waals surface area contributed by atoms with Crippen LogP contribution >= 0.6 is 0 Å². The van der Waals surface area contributed by atoms with Crippen LogP contribution in [0.25, 0.3) is 0 Å². The zero-order valence-electron chi connectivity index (χ0n) is 9.38. The lowest BCUT2D eigenvalue weighted by atomic mass is 10.1. The van der Waals surface area contributed by atoms with E-state index in [9.17, 15) is 4.79 Å². The third-order valence-corrected chi connectivity index (χ3v) is 2.59. The molecule has 0 heterocycles. The van der Waals surface area contributed by atoms with Crippen LogP contribution < -0.4 is 0 Å². The van der Waals surface area contributed by atoms with E-state index < -0.39 is 0 Å². The van der Waals surface area contributed by atoms with Crippen LogP contribution in [0, 0.1) is 5.92 Å². The average Bonchev–Trinajstić information content (AvgIpc) is 2.66. The molecule has 1 atom stereocenters. The summed E-state index contributed by atoms with van der Waals surface area (Å²) in [6, 6.07) is 0. The van der Waals surface area contributed by atoms with Crippen molar-refractivity contribution in [3.05, 3.63) is 11.6 Å². The predicted molar refractivity (Wildman–Crippen MR) is 56.9 cm³/mol. The van der Waals surface area contributed by atoms with Gasteiger partial charge in [-0.15, -0.1) is 0 Å². The third-order valence-electron chi connectivity index (χ3n) is 2.59. The van der Waals surface area contributed by atoms with Crippen LogP contribution in [0.3, 0.4) is 0 Å². The highest BCUT2D eigenvalue weighted by molar-refractivity contribution is 5.72. The molecule has 1 aliphatic carbocycles. The Balaban J connectivity index is 2.50. The number of esters is 1. The van der Waals surface area contributed by atoms with Crippen molar-refractivity contribution in [3.8, 4) is 0 Å². The van der Waals surface area contributed by atoms with Gasteiger partial charge in [0, 0.05) is 0 Å². The van der Waals surface area contributed by atoms with Gasteiger partial charge in [-0.05, 0) is 31.3 Å². The number of carbonyl (C=O) groups excluding carboxylic acids is 1. The van der Waals surface area contributed by atoms with Crippen molar-refractivity contribution in [2.75, 3.05) is 0 Å². The maximum Gasteiger partial charge on any atom is 0.308 e. The fourth-order valence-corrected chi connectivity index (χ4v) is 1.69. The third kappa shape index (κ3) is 2.86. The van der Waals surface area contributed by atoms with Crippen molar-refractivity contribution in [2.45, 2.75) is 52.6 Å². The molecule has 0 aromatic rings. The zero-order chi connectivity index (χ0) is 10.6. The van der Waals surface area contributed by atoms with Gasteiger partial charge in [-0.1, -0.05) is 26.8 Å². The smallest absolute Gasteiger partial charge is 0.308 e. The Morgan fingerprint density at radius 3 is 2.71 bits per heavy atom. The Kier molecular flexibility index (Phi) is 4.18. The lowest BCUT2D eigenvalue weighted by Crippen LogP contribution is -2.22. The molecule has 0 radical (unpaired) electrons. The van der Waals surface area contributed by atoms with Crippen LogP contribution in [0.1, 0.15) is 46.5 Å². The van der Waals surface area contributed by atoms with E-state index in [1.54, 1.807) is 0 Å². The fourth-order valence-electron chi connectivity index (χ4n) is 1.69. The number of hydrogen-bond donors (Lipinski definition) is 0. The predicted octanol–water partition coefficient (Wildman–Crippen LogP) is 3.07. The largest absolute Gasteiger partial charge is 0.458 e. The van der Waals surface area contributed by atoms with Gasteiger partial charge in [0.2, 0.25) is 0 Å². The Hall–Kier alpha value is -0.790. The molecule has 0 saturated heterocycles. The second-order valence-electron chi connectivity index (χ2n) is 4.16. The monoisotopic (exact) mass is 196 g/mol. The molecular formula is C12H20O2. The first-order valence-corrected chi connectivity index (χ1v) is 5.54. The van der Waals surface area contributed by atoms with E-state index in [2.05, 4.69) is 13.0 Å². The summed E-state index contributed by atoms with van der Waals surface area (Å²) in [6.45, 7) is 5.81. The number of rotatable bonds is 4. The Labute approximate surface area is 86.3 Å². The van der Waals surface area contributed by atoms with E-state index >= 15 is 0 Å². The van der Waals surface area contributed by atoms with Crippen molar-refractivity contribution < 1.29 is 9.53 Å². The van der Waals surface area contributed by atoms with Gasteiger partial charge in [-0.2, -0.15) is 0 Å². The number of carbonyl (C=O) groups is 1. The van der Waals surface area contributed by atoms with E-state index in [1.165, 1.54) is 12.0 Å². The Bertz CT molecular complexity index is 228. The number of ether oxygens (including phenoxy) is 1. The minimum atomic E-state index is -0.0790. The second kappa shape index (κ2) is 5.18. The number of allylic oxidation sites excluding steroid dienone is 1. The van der Waals surface area contributed by atoms with E-state index in [4.69, 9.17) is 4.74 Å². The minimum absolute atomic E-state index is 0.0222. The summed E-state index contributed by atoms with van der Waals surface area (Å²) < 4.78 is 5.44. The van der Waals surface area contributed by atoms with Crippen molar-refractivity contribution in [1.29, 1.82) is 0 Å². The molecule has 0 N–H and O–H groups in total. The first-order chi connectivity index (χ1) is 6.65. The second-order valence-corrected chi connectivity index (χ2v) is 4.16. The van der Waals surface area contributed by atoms with E-state index in [1.807, 2.05) is 13.8 Å². The van der Waals surface area contributed by atoms with Crippen molar-refractivity contribution >= 4 is 5.97 Å². The lowest BCUT2D eigenvalue weighted by molar-refractivity contribution is -0.151. The lowest BCUT2D eigenvalue weighted by Gasteiger charge is -2.18. The SMILES string of the molecule is CC[C@@H](OC(=O)C(C)C)C1=CCCC1. The van der Waals surface area contributed by atoms with Gasteiger partial charge in [0.15, 0.2) is 0 Å². The highest BCUT2D eigenvalue weighted by atomic mass is 16.5. The van der Waals surface area contributed by atoms with Gasteiger partial charge in [-0.3, -0.25) is 4.79 Å². The van der Waals surface area contributed by atoms with Crippen LogP contribution in [-0.2, 0) is 9.53 Å². The van der Waals surface area contributed by atoms with Crippen LogP contribution in [0.2, 0.25) is 0 Å². The molecule has 1 aliphatic rings. The van der Waals surface area contributed by atoms with Crippen LogP contribution in [0.5, 0.6) is 0 Å². The van der Waals surface area contributed by atoms with Gasteiger partial charge >= 0.3 is 5.97 Å². The average molecular weight is 196 g/mol. The topological polar surface area (TPSA) is 26.3 Å². The highest BCUT2D eigenvalue weighted by Gasteiger charge is 2.20. The Morgan fingerprint density at radius 1 is 1.57 bits per heavy atom. The molecule has 0 bridgehead atoms.